The average molecular weight is 515 g/mol. The first-order valence-electron chi connectivity index (χ1n) is 12.0. The topological polar surface area (TPSA) is 118 Å². The summed E-state index contributed by atoms with van der Waals surface area (Å²) in [6.45, 7) is 4.23. The lowest BCUT2D eigenvalue weighted by atomic mass is 10.0. The number of hydrogen-bond acceptors (Lipinski definition) is 8. The van der Waals surface area contributed by atoms with Crippen LogP contribution in [0.2, 0.25) is 0 Å². The van der Waals surface area contributed by atoms with Gasteiger partial charge < -0.3 is 29.0 Å². The van der Waals surface area contributed by atoms with Crippen LogP contribution in [0, 0.1) is 22.5 Å². The van der Waals surface area contributed by atoms with Crippen molar-refractivity contribution in [3.63, 3.8) is 0 Å². The Morgan fingerprint density at radius 2 is 1.22 bits per heavy atom. The molecule has 37 heavy (non-hydrogen) atoms. The molecule has 0 unspecified atom stereocenters. The molecule has 200 valence electrons. The summed E-state index contributed by atoms with van der Waals surface area (Å²) >= 11 is 0. The third-order valence-electron chi connectivity index (χ3n) is 4.94. The van der Waals surface area contributed by atoms with Crippen LogP contribution in [0.4, 0.5) is 11.4 Å². The third kappa shape index (κ3) is 14.1. The number of rotatable bonds is 20. The quantitative estimate of drug-likeness (QED) is 0.124. The van der Waals surface area contributed by atoms with Crippen LogP contribution in [-0.4, -0.2) is 76.9 Å². The summed E-state index contributed by atoms with van der Waals surface area (Å²) in [6.07, 6.45) is 5.95. The van der Waals surface area contributed by atoms with Gasteiger partial charge in [-0.1, -0.05) is 30.2 Å². The van der Waals surface area contributed by atoms with Gasteiger partial charge in [-0.2, -0.15) is 0 Å². The Labute approximate surface area is 217 Å². The molecular formula is C27H34N2O8. The Morgan fingerprint density at radius 1 is 0.757 bits per heavy atom. The standard InChI is InChI=1S/C27H34N2O8/c1-2-12-33-14-16-35-18-20-37-21-19-36-17-15-34-13-11-27(30)28-25-7-3-23(4-8-25)22-24-5-9-26(10-6-24)29(31)32/h1,3-10H,11-22H2,(H,28,30). The maximum absolute atomic E-state index is 12.1. The van der Waals surface area contributed by atoms with Gasteiger partial charge in [0.2, 0.25) is 5.91 Å². The molecule has 10 heteroatoms. The first-order chi connectivity index (χ1) is 18.1. The van der Waals surface area contributed by atoms with E-state index >= 15 is 0 Å². The highest BCUT2D eigenvalue weighted by molar-refractivity contribution is 5.90. The van der Waals surface area contributed by atoms with Crippen LogP contribution in [0.25, 0.3) is 0 Å². The van der Waals surface area contributed by atoms with Gasteiger partial charge in [-0.25, -0.2) is 0 Å². The summed E-state index contributed by atoms with van der Waals surface area (Å²) < 4.78 is 26.6. The van der Waals surface area contributed by atoms with Gasteiger partial charge in [0.05, 0.1) is 70.8 Å². The van der Waals surface area contributed by atoms with Crippen molar-refractivity contribution in [3.8, 4) is 12.3 Å². The van der Waals surface area contributed by atoms with Crippen molar-refractivity contribution in [2.75, 3.05) is 71.4 Å². The maximum Gasteiger partial charge on any atom is 0.269 e. The third-order valence-corrected chi connectivity index (χ3v) is 4.94. The smallest absolute Gasteiger partial charge is 0.269 e. The van der Waals surface area contributed by atoms with Gasteiger partial charge in [0.25, 0.3) is 5.69 Å². The van der Waals surface area contributed by atoms with Crippen LogP contribution < -0.4 is 5.32 Å². The molecule has 10 nitrogen and oxygen atoms in total. The van der Waals surface area contributed by atoms with Gasteiger partial charge in [-0.15, -0.1) is 6.42 Å². The highest BCUT2D eigenvalue weighted by Gasteiger charge is 2.06. The summed E-state index contributed by atoms with van der Waals surface area (Å²) in [5.41, 5.74) is 2.78. The van der Waals surface area contributed by atoms with Crippen molar-refractivity contribution in [1.82, 2.24) is 0 Å². The summed E-state index contributed by atoms with van der Waals surface area (Å²) in [5, 5.41) is 13.6. The minimum absolute atomic E-state index is 0.0704. The van der Waals surface area contributed by atoms with Crippen LogP contribution in [0.15, 0.2) is 48.5 Å². The lowest BCUT2D eigenvalue weighted by Crippen LogP contribution is -2.16. The molecule has 1 N–H and O–H groups in total. The number of nitro benzene ring substituents is 1. The molecule has 0 saturated carbocycles. The number of nitrogens with zero attached hydrogens (tertiary/aromatic N) is 1. The van der Waals surface area contributed by atoms with Gasteiger partial charge >= 0.3 is 0 Å². The normalized spacial score (nSPS) is 10.7. The number of benzene rings is 2. The fourth-order valence-electron chi connectivity index (χ4n) is 3.08. The van der Waals surface area contributed by atoms with Gasteiger partial charge in [0, 0.05) is 17.8 Å². The fourth-order valence-corrected chi connectivity index (χ4v) is 3.08. The summed E-state index contributed by atoms with van der Waals surface area (Å²) in [4.78, 5) is 22.4. The molecule has 0 spiro atoms. The van der Waals surface area contributed by atoms with Crippen LogP contribution >= 0.6 is 0 Å². The predicted octanol–water partition coefficient (Wildman–Crippen LogP) is 3.23. The lowest BCUT2D eigenvalue weighted by molar-refractivity contribution is -0.384. The predicted molar refractivity (Wildman–Crippen MR) is 139 cm³/mol. The summed E-state index contributed by atoms with van der Waals surface area (Å²) in [7, 11) is 0. The molecule has 0 aliphatic carbocycles. The summed E-state index contributed by atoms with van der Waals surface area (Å²) in [6, 6.07) is 14.0. The number of carbonyl (C=O) groups excluding carboxylic acids is 1. The fraction of sp³-hybridized carbons (Fsp3) is 0.444. The minimum atomic E-state index is -0.417. The van der Waals surface area contributed by atoms with E-state index in [9.17, 15) is 14.9 Å². The lowest BCUT2D eigenvalue weighted by Gasteiger charge is -2.08. The van der Waals surface area contributed by atoms with Crippen LogP contribution in [0.1, 0.15) is 17.5 Å². The first-order valence-corrected chi connectivity index (χ1v) is 12.0. The van der Waals surface area contributed by atoms with Gasteiger partial charge in [-0.05, 0) is 29.7 Å². The Morgan fingerprint density at radius 3 is 1.70 bits per heavy atom. The monoisotopic (exact) mass is 514 g/mol. The molecule has 0 saturated heterocycles. The number of nitro groups is 1. The minimum Gasteiger partial charge on any atom is -0.379 e. The SMILES string of the molecule is C#CCOCCOCCOCCOCCOCCC(=O)Nc1ccc(Cc2ccc([N+](=O)[O-])cc2)cc1. The molecule has 1 amide bonds. The van der Waals surface area contributed by atoms with Crippen molar-refractivity contribution in [2.45, 2.75) is 12.8 Å². The zero-order valence-corrected chi connectivity index (χ0v) is 20.9. The number of carbonyl (C=O) groups is 1. The second-order valence-corrected chi connectivity index (χ2v) is 7.80. The molecule has 0 aliphatic rings. The van der Waals surface area contributed by atoms with Crippen LogP contribution in [0.5, 0.6) is 0 Å². The van der Waals surface area contributed by atoms with Crippen LogP contribution in [0.3, 0.4) is 0 Å². The van der Waals surface area contributed by atoms with E-state index in [0.29, 0.717) is 78.2 Å². The van der Waals surface area contributed by atoms with Crippen molar-refractivity contribution < 1.29 is 33.4 Å². The average Bonchev–Trinajstić information content (AvgIpc) is 2.90. The molecule has 2 aromatic carbocycles. The molecule has 0 aromatic heterocycles. The Hall–Kier alpha value is -3.33. The molecule has 0 aliphatic heterocycles. The highest BCUT2D eigenvalue weighted by Crippen LogP contribution is 2.17. The molecule has 2 rings (SSSR count). The van der Waals surface area contributed by atoms with E-state index in [2.05, 4.69) is 11.2 Å². The molecule has 0 radical (unpaired) electrons. The molecule has 2 aromatic rings. The molecule has 0 heterocycles. The number of anilines is 1. The number of nitrogens with one attached hydrogen (secondary N) is 1. The van der Waals surface area contributed by atoms with E-state index in [0.717, 1.165) is 11.1 Å². The molecule has 0 fully saturated rings. The first kappa shape index (κ1) is 29.9. The number of terminal acetylenes is 1. The Kier molecular flexibility index (Phi) is 15.2. The van der Waals surface area contributed by atoms with Crippen molar-refractivity contribution in [3.05, 3.63) is 69.8 Å². The highest BCUT2D eigenvalue weighted by atomic mass is 16.6. The summed E-state index contributed by atoms with van der Waals surface area (Å²) in [5.74, 6) is 2.25. The number of non-ortho nitro benzene ring substituents is 1. The van der Waals surface area contributed by atoms with E-state index in [4.69, 9.17) is 30.1 Å². The molecule has 0 atom stereocenters. The van der Waals surface area contributed by atoms with Crippen molar-refractivity contribution >= 4 is 17.3 Å². The van der Waals surface area contributed by atoms with E-state index in [1.54, 1.807) is 12.1 Å². The zero-order valence-electron chi connectivity index (χ0n) is 20.9. The number of ether oxygens (including phenoxy) is 5. The molecular weight excluding hydrogens is 480 g/mol. The number of amides is 1. The Balaban J connectivity index is 1.44. The second kappa shape index (κ2) is 18.9. The van der Waals surface area contributed by atoms with Gasteiger partial charge in [0.15, 0.2) is 0 Å². The largest absolute Gasteiger partial charge is 0.379 e. The van der Waals surface area contributed by atoms with Crippen molar-refractivity contribution in [1.29, 1.82) is 0 Å². The van der Waals surface area contributed by atoms with E-state index in [-0.39, 0.29) is 18.0 Å². The van der Waals surface area contributed by atoms with E-state index in [1.165, 1.54) is 12.1 Å². The van der Waals surface area contributed by atoms with Crippen LogP contribution in [-0.2, 0) is 34.9 Å². The second-order valence-electron chi connectivity index (χ2n) is 7.80. The number of hydrogen-bond donors (Lipinski definition) is 1. The molecule has 0 bridgehead atoms. The van der Waals surface area contributed by atoms with E-state index < -0.39 is 4.92 Å². The maximum atomic E-state index is 12.1. The van der Waals surface area contributed by atoms with Gasteiger partial charge in [-0.3, -0.25) is 14.9 Å². The van der Waals surface area contributed by atoms with Crippen molar-refractivity contribution in [2.24, 2.45) is 0 Å². The zero-order chi connectivity index (χ0) is 26.6. The van der Waals surface area contributed by atoms with Gasteiger partial charge in [0.1, 0.15) is 6.61 Å². The van der Waals surface area contributed by atoms with E-state index in [1.807, 2.05) is 24.3 Å². The Bertz CT molecular complexity index is 958.